The van der Waals surface area contributed by atoms with Crippen LogP contribution in [0.4, 0.5) is 0 Å². The quantitative estimate of drug-likeness (QED) is 0.715. The van der Waals surface area contributed by atoms with Crippen molar-refractivity contribution in [1.29, 1.82) is 0 Å². The van der Waals surface area contributed by atoms with E-state index in [2.05, 4.69) is 15.2 Å². The lowest BCUT2D eigenvalue weighted by Crippen LogP contribution is -2.42. The number of hydrogen-bond acceptors (Lipinski definition) is 5. The maximum absolute atomic E-state index is 12.7. The van der Waals surface area contributed by atoms with E-state index in [0.29, 0.717) is 24.0 Å². The lowest BCUT2D eigenvalue weighted by atomic mass is 9.84. The molecule has 0 N–H and O–H groups in total. The van der Waals surface area contributed by atoms with Gasteiger partial charge in [0.1, 0.15) is 0 Å². The summed E-state index contributed by atoms with van der Waals surface area (Å²) < 4.78 is 7.40. The molecular weight excluding hydrogens is 342 g/mol. The van der Waals surface area contributed by atoms with Gasteiger partial charge in [0.05, 0.1) is 0 Å². The predicted molar refractivity (Wildman–Crippen MR) is 98.4 cm³/mol. The molecule has 138 valence electrons. The van der Waals surface area contributed by atoms with Gasteiger partial charge in [0.15, 0.2) is 5.69 Å². The van der Waals surface area contributed by atoms with Gasteiger partial charge in [0, 0.05) is 49.3 Å². The number of benzene rings is 1. The highest BCUT2D eigenvalue weighted by Gasteiger charge is 2.34. The van der Waals surface area contributed by atoms with Gasteiger partial charge in [-0.05, 0) is 12.8 Å². The average molecular weight is 363 g/mol. The molecule has 3 aromatic rings. The zero-order valence-electron chi connectivity index (χ0n) is 15.3. The topological polar surface area (TPSA) is 77.1 Å². The lowest BCUT2D eigenvalue weighted by Gasteiger charge is -2.34. The van der Waals surface area contributed by atoms with Crippen LogP contribution in [0.1, 0.15) is 30.5 Å². The second-order valence-corrected chi connectivity index (χ2v) is 7.32. The number of amides is 1. The lowest BCUT2D eigenvalue weighted by molar-refractivity contribution is -0.139. The third-order valence-corrected chi connectivity index (χ3v) is 5.67. The van der Waals surface area contributed by atoms with Gasteiger partial charge in [-0.15, -0.1) is 0 Å². The second-order valence-electron chi connectivity index (χ2n) is 7.32. The molecule has 3 heterocycles. The van der Waals surface area contributed by atoms with Crippen LogP contribution >= 0.6 is 0 Å². The molecule has 7 heteroatoms. The van der Waals surface area contributed by atoms with Gasteiger partial charge in [0.2, 0.25) is 11.7 Å². The largest absolute Gasteiger partial charge is 0.338 e. The molecule has 7 nitrogen and oxygen atoms in total. The molecule has 1 aliphatic heterocycles. The molecule has 2 aromatic heterocycles. The molecule has 5 rings (SSSR count). The van der Waals surface area contributed by atoms with Gasteiger partial charge in [-0.3, -0.25) is 9.48 Å². The first-order chi connectivity index (χ1) is 13.2. The van der Waals surface area contributed by atoms with Gasteiger partial charge >= 0.3 is 0 Å². The van der Waals surface area contributed by atoms with E-state index in [0.717, 1.165) is 49.0 Å². The maximum Gasteiger partial charge on any atom is 0.279 e. The van der Waals surface area contributed by atoms with Crippen molar-refractivity contribution in [3.63, 3.8) is 0 Å². The number of aromatic nitrogens is 4. The molecular formula is C20H21N5O2. The first kappa shape index (κ1) is 16.2. The van der Waals surface area contributed by atoms with Gasteiger partial charge in [-0.1, -0.05) is 41.9 Å². The Labute approximate surface area is 157 Å². The number of rotatable bonds is 3. The predicted octanol–water partition coefficient (Wildman–Crippen LogP) is 2.82. The van der Waals surface area contributed by atoms with Crippen molar-refractivity contribution in [2.24, 2.45) is 13.0 Å². The van der Waals surface area contributed by atoms with Gasteiger partial charge in [-0.2, -0.15) is 10.1 Å². The summed E-state index contributed by atoms with van der Waals surface area (Å²) in [5.41, 5.74) is 3.76. The van der Waals surface area contributed by atoms with Gasteiger partial charge in [-0.25, -0.2) is 0 Å². The summed E-state index contributed by atoms with van der Waals surface area (Å²) in [5, 5.41) is 8.73. The van der Waals surface area contributed by atoms with Gasteiger partial charge < -0.3 is 9.42 Å². The van der Waals surface area contributed by atoms with Crippen LogP contribution in [-0.2, 0) is 24.8 Å². The fourth-order valence-corrected chi connectivity index (χ4v) is 3.89. The van der Waals surface area contributed by atoms with Crippen molar-refractivity contribution < 1.29 is 9.32 Å². The average Bonchev–Trinajstić information content (AvgIpc) is 3.26. The summed E-state index contributed by atoms with van der Waals surface area (Å²) in [6, 6.07) is 9.73. The van der Waals surface area contributed by atoms with E-state index in [1.54, 1.807) is 0 Å². The van der Waals surface area contributed by atoms with Crippen LogP contribution in [0.2, 0.25) is 0 Å². The minimum absolute atomic E-state index is 0.208. The van der Waals surface area contributed by atoms with Crippen molar-refractivity contribution in [3.8, 4) is 23.0 Å². The van der Waals surface area contributed by atoms with Gasteiger partial charge in [0.25, 0.3) is 5.89 Å². The summed E-state index contributed by atoms with van der Waals surface area (Å²) in [7, 11) is 1.93. The summed E-state index contributed by atoms with van der Waals surface area (Å²) in [5.74, 6) is 1.43. The van der Waals surface area contributed by atoms with Crippen LogP contribution in [-0.4, -0.2) is 37.3 Å². The third-order valence-electron chi connectivity index (χ3n) is 5.67. The minimum atomic E-state index is 0.208. The molecule has 0 bridgehead atoms. The molecule has 1 fully saturated rings. The molecule has 0 saturated heterocycles. The molecule has 1 aliphatic carbocycles. The Hall–Kier alpha value is -2.96. The van der Waals surface area contributed by atoms with Crippen LogP contribution < -0.4 is 0 Å². The van der Waals surface area contributed by atoms with E-state index in [1.807, 2.05) is 47.0 Å². The molecule has 0 spiro atoms. The highest BCUT2D eigenvalue weighted by atomic mass is 16.5. The Balaban J connectivity index is 1.47. The normalized spacial score (nSPS) is 16.9. The molecule has 1 amide bonds. The monoisotopic (exact) mass is 363 g/mol. The van der Waals surface area contributed by atoms with E-state index in [-0.39, 0.29) is 11.8 Å². The standard InChI is InChI=1S/C20H21N5O2/c1-24-16-10-11-25(20(26)14-8-5-9-14)12-15(16)17(22-24)19-21-18(23-27-19)13-6-3-2-4-7-13/h2-4,6-7,14H,5,8-12H2,1H3. The molecule has 0 unspecified atom stereocenters. The number of fused-ring (bicyclic) bond motifs is 1. The highest BCUT2D eigenvalue weighted by Crippen LogP contribution is 2.33. The molecule has 0 atom stereocenters. The van der Waals surface area contributed by atoms with Crippen molar-refractivity contribution in [2.45, 2.75) is 32.2 Å². The first-order valence-corrected chi connectivity index (χ1v) is 9.44. The number of hydrogen-bond donors (Lipinski definition) is 0. The number of carbonyl (C=O) groups excluding carboxylic acids is 1. The fourth-order valence-electron chi connectivity index (χ4n) is 3.89. The van der Waals surface area contributed by atoms with E-state index < -0.39 is 0 Å². The second kappa shape index (κ2) is 6.33. The Morgan fingerprint density at radius 3 is 2.78 bits per heavy atom. The molecule has 27 heavy (non-hydrogen) atoms. The highest BCUT2D eigenvalue weighted by molar-refractivity contribution is 5.80. The zero-order valence-corrected chi connectivity index (χ0v) is 15.3. The third kappa shape index (κ3) is 2.74. The van der Waals surface area contributed by atoms with Crippen molar-refractivity contribution in [1.82, 2.24) is 24.8 Å². The maximum atomic E-state index is 12.7. The SMILES string of the molecule is Cn1nc(-c2nc(-c3ccccc3)no2)c2c1CCN(C(=O)C1CCC1)C2. The molecule has 1 aromatic carbocycles. The van der Waals surface area contributed by atoms with E-state index in [1.165, 1.54) is 0 Å². The van der Waals surface area contributed by atoms with Crippen LogP contribution in [0.5, 0.6) is 0 Å². The number of carbonyl (C=O) groups is 1. The van der Waals surface area contributed by atoms with Crippen LogP contribution in [0, 0.1) is 5.92 Å². The van der Waals surface area contributed by atoms with Crippen molar-refractivity contribution >= 4 is 5.91 Å². The Kier molecular flexibility index (Phi) is 3.81. The fraction of sp³-hybridized carbons (Fsp3) is 0.400. The molecule has 0 radical (unpaired) electrons. The summed E-state index contributed by atoms with van der Waals surface area (Å²) >= 11 is 0. The van der Waals surface area contributed by atoms with E-state index in [9.17, 15) is 4.79 Å². The number of aryl methyl sites for hydroxylation is 1. The summed E-state index contributed by atoms with van der Waals surface area (Å²) in [4.78, 5) is 19.2. The Bertz CT molecular complexity index is 987. The number of nitrogens with zero attached hydrogens (tertiary/aromatic N) is 5. The molecule has 1 saturated carbocycles. The minimum Gasteiger partial charge on any atom is -0.338 e. The van der Waals surface area contributed by atoms with Crippen LogP contribution in [0.3, 0.4) is 0 Å². The first-order valence-electron chi connectivity index (χ1n) is 9.44. The van der Waals surface area contributed by atoms with Crippen molar-refractivity contribution in [3.05, 3.63) is 41.6 Å². The molecule has 2 aliphatic rings. The Morgan fingerprint density at radius 1 is 1.22 bits per heavy atom. The zero-order chi connectivity index (χ0) is 18.4. The van der Waals surface area contributed by atoms with E-state index in [4.69, 9.17) is 4.52 Å². The van der Waals surface area contributed by atoms with Crippen LogP contribution in [0.15, 0.2) is 34.9 Å². The van der Waals surface area contributed by atoms with Crippen molar-refractivity contribution in [2.75, 3.05) is 6.54 Å². The van der Waals surface area contributed by atoms with Crippen LogP contribution in [0.25, 0.3) is 23.0 Å². The summed E-state index contributed by atoms with van der Waals surface area (Å²) in [6.45, 7) is 1.32. The summed E-state index contributed by atoms with van der Waals surface area (Å²) in [6.07, 6.45) is 4.01. The smallest absolute Gasteiger partial charge is 0.279 e. The van der Waals surface area contributed by atoms with E-state index >= 15 is 0 Å². The Morgan fingerprint density at radius 2 is 2.04 bits per heavy atom.